The summed E-state index contributed by atoms with van der Waals surface area (Å²) in [5.74, 6) is 0.643. The minimum atomic E-state index is -1.61. The number of rotatable bonds is 4. The summed E-state index contributed by atoms with van der Waals surface area (Å²) >= 11 is 0. The number of benzene rings is 1. The normalized spacial score (nSPS) is 24.1. The maximum Gasteiger partial charge on any atom is 0.192 e. The van der Waals surface area contributed by atoms with Crippen molar-refractivity contribution in [1.29, 1.82) is 0 Å². The lowest BCUT2D eigenvalue weighted by atomic mass is 9.97. The number of hydrogen-bond donors (Lipinski definition) is 1. The standard InChI is InChI=1S/C17H29NOSi/c1-17(2,3)20(4,5)19-13-16-11-15(12-18-16)14-9-7-6-8-10-14/h6-10,15-16,18H,11-13H2,1-5H3/t15-,16-/m0/s1. The smallest absolute Gasteiger partial charge is 0.192 e. The Balaban J connectivity index is 1.86. The third-order valence-electron chi connectivity index (χ3n) is 4.94. The Morgan fingerprint density at radius 1 is 1.20 bits per heavy atom. The van der Waals surface area contributed by atoms with Gasteiger partial charge < -0.3 is 9.74 Å². The van der Waals surface area contributed by atoms with E-state index < -0.39 is 8.32 Å². The summed E-state index contributed by atoms with van der Waals surface area (Å²) in [7, 11) is -1.61. The molecular formula is C17H29NOSi. The maximum absolute atomic E-state index is 6.34. The largest absolute Gasteiger partial charge is 0.415 e. The molecule has 0 spiro atoms. The van der Waals surface area contributed by atoms with Crippen molar-refractivity contribution in [3.05, 3.63) is 35.9 Å². The Bertz CT molecular complexity index is 424. The van der Waals surface area contributed by atoms with Crippen molar-refractivity contribution in [2.75, 3.05) is 13.2 Å². The molecule has 1 heterocycles. The Morgan fingerprint density at radius 3 is 2.45 bits per heavy atom. The van der Waals surface area contributed by atoms with E-state index in [0.29, 0.717) is 17.0 Å². The van der Waals surface area contributed by atoms with Crippen molar-refractivity contribution in [2.45, 2.75) is 57.3 Å². The van der Waals surface area contributed by atoms with Crippen LogP contribution in [0.1, 0.15) is 38.7 Å². The zero-order valence-electron chi connectivity index (χ0n) is 13.6. The van der Waals surface area contributed by atoms with E-state index in [-0.39, 0.29) is 0 Å². The molecule has 1 N–H and O–H groups in total. The Morgan fingerprint density at radius 2 is 1.85 bits per heavy atom. The quantitative estimate of drug-likeness (QED) is 0.841. The first-order valence-corrected chi connectivity index (χ1v) is 10.6. The lowest BCUT2D eigenvalue weighted by Crippen LogP contribution is -2.43. The van der Waals surface area contributed by atoms with Crippen LogP contribution in [0.5, 0.6) is 0 Å². The number of nitrogens with one attached hydrogen (secondary N) is 1. The summed E-state index contributed by atoms with van der Waals surface area (Å²) in [6.45, 7) is 13.5. The third-order valence-corrected chi connectivity index (χ3v) is 9.45. The Kier molecular flexibility index (Phi) is 4.72. The average Bonchev–Trinajstić information content (AvgIpc) is 2.85. The van der Waals surface area contributed by atoms with Crippen molar-refractivity contribution in [1.82, 2.24) is 5.32 Å². The molecule has 3 heteroatoms. The third kappa shape index (κ3) is 3.71. The molecule has 20 heavy (non-hydrogen) atoms. The lowest BCUT2D eigenvalue weighted by Gasteiger charge is -2.37. The van der Waals surface area contributed by atoms with Gasteiger partial charge in [0.1, 0.15) is 0 Å². The van der Waals surface area contributed by atoms with Crippen molar-refractivity contribution in [3.63, 3.8) is 0 Å². The Labute approximate surface area is 125 Å². The molecule has 0 saturated carbocycles. The molecular weight excluding hydrogens is 262 g/mol. The van der Waals surface area contributed by atoms with Gasteiger partial charge in [-0.2, -0.15) is 0 Å². The second-order valence-corrected chi connectivity index (χ2v) is 12.3. The van der Waals surface area contributed by atoms with Gasteiger partial charge in [-0.15, -0.1) is 0 Å². The lowest BCUT2D eigenvalue weighted by molar-refractivity contribution is 0.252. The summed E-state index contributed by atoms with van der Waals surface area (Å²) in [5, 5.41) is 3.92. The first-order chi connectivity index (χ1) is 9.29. The fourth-order valence-corrected chi connectivity index (χ4v) is 3.50. The van der Waals surface area contributed by atoms with E-state index in [1.54, 1.807) is 0 Å². The molecule has 1 aromatic carbocycles. The van der Waals surface area contributed by atoms with Crippen LogP contribution in [0.15, 0.2) is 30.3 Å². The highest BCUT2D eigenvalue weighted by Gasteiger charge is 2.38. The molecule has 1 fully saturated rings. The minimum absolute atomic E-state index is 0.296. The summed E-state index contributed by atoms with van der Waals surface area (Å²) in [6, 6.07) is 11.3. The van der Waals surface area contributed by atoms with Crippen LogP contribution >= 0.6 is 0 Å². The van der Waals surface area contributed by atoms with Gasteiger partial charge in [-0.3, -0.25) is 0 Å². The van der Waals surface area contributed by atoms with Gasteiger partial charge in [0.25, 0.3) is 0 Å². The zero-order valence-corrected chi connectivity index (χ0v) is 14.6. The van der Waals surface area contributed by atoms with E-state index in [9.17, 15) is 0 Å². The summed E-state index contributed by atoms with van der Waals surface area (Å²) < 4.78 is 6.34. The van der Waals surface area contributed by atoms with Crippen LogP contribution in [0.4, 0.5) is 0 Å². The maximum atomic E-state index is 6.34. The highest BCUT2D eigenvalue weighted by molar-refractivity contribution is 6.74. The van der Waals surface area contributed by atoms with Crippen LogP contribution in [0.2, 0.25) is 18.1 Å². The van der Waals surface area contributed by atoms with Crippen LogP contribution in [0, 0.1) is 0 Å². The molecule has 0 bridgehead atoms. The first-order valence-electron chi connectivity index (χ1n) is 7.72. The van der Waals surface area contributed by atoms with E-state index in [1.807, 2.05) is 0 Å². The topological polar surface area (TPSA) is 21.3 Å². The highest BCUT2D eigenvalue weighted by Crippen LogP contribution is 2.37. The van der Waals surface area contributed by atoms with E-state index >= 15 is 0 Å². The van der Waals surface area contributed by atoms with Crippen LogP contribution in [0.25, 0.3) is 0 Å². The molecule has 0 radical (unpaired) electrons. The van der Waals surface area contributed by atoms with Gasteiger partial charge in [-0.1, -0.05) is 51.1 Å². The fourth-order valence-electron chi connectivity index (χ4n) is 2.45. The Hall–Kier alpha value is -0.643. The summed E-state index contributed by atoms with van der Waals surface area (Å²) in [5.41, 5.74) is 1.45. The van der Waals surface area contributed by atoms with E-state index in [0.717, 1.165) is 13.2 Å². The second-order valence-electron chi connectivity index (χ2n) is 7.52. The molecule has 1 aliphatic heterocycles. The van der Waals surface area contributed by atoms with E-state index in [4.69, 9.17) is 4.43 Å². The molecule has 2 rings (SSSR count). The molecule has 1 aromatic rings. The summed E-state index contributed by atoms with van der Waals surface area (Å²) in [6.07, 6.45) is 1.19. The highest BCUT2D eigenvalue weighted by atomic mass is 28.4. The first kappa shape index (κ1) is 15.7. The molecule has 0 aromatic heterocycles. The van der Waals surface area contributed by atoms with Gasteiger partial charge in [0.15, 0.2) is 8.32 Å². The van der Waals surface area contributed by atoms with Crippen LogP contribution in [0.3, 0.4) is 0 Å². The molecule has 112 valence electrons. The molecule has 2 atom stereocenters. The minimum Gasteiger partial charge on any atom is -0.415 e. The predicted octanol–water partition coefficient (Wildman–Crippen LogP) is 4.15. The molecule has 1 saturated heterocycles. The van der Waals surface area contributed by atoms with Crippen molar-refractivity contribution in [3.8, 4) is 0 Å². The summed E-state index contributed by atoms with van der Waals surface area (Å²) in [4.78, 5) is 0. The van der Waals surface area contributed by atoms with Crippen molar-refractivity contribution in [2.24, 2.45) is 0 Å². The van der Waals surface area contributed by atoms with E-state index in [1.165, 1.54) is 12.0 Å². The molecule has 0 unspecified atom stereocenters. The average molecular weight is 292 g/mol. The van der Waals surface area contributed by atoms with Crippen molar-refractivity contribution < 1.29 is 4.43 Å². The molecule has 0 aliphatic carbocycles. The molecule has 1 aliphatic rings. The van der Waals surface area contributed by atoms with Crippen LogP contribution in [-0.4, -0.2) is 27.5 Å². The SMILES string of the molecule is CC(C)(C)[Si](C)(C)OC[C@@H]1C[C@H](c2ccccc2)CN1. The predicted molar refractivity (Wildman–Crippen MR) is 88.7 cm³/mol. The van der Waals surface area contributed by atoms with Gasteiger partial charge >= 0.3 is 0 Å². The zero-order chi connectivity index (χ0) is 14.8. The van der Waals surface area contributed by atoms with Gasteiger partial charge in [-0.25, -0.2) is 0 Å². The van der Waals surface area contributed by atoms with Gasteiger partial charge in [0, 0.05) is 19.2 Å². The van der Waals surface area contributed by atoms with Gasteiger partial charge in [0.2, 0.25) is 0 Å². The van der Waals surface area contributed by atoms with Gasteiger partial charge in [-0.05, 0) is 36.0 Å². The fraction of sp³-hybridized carbons (Fsp3) is 0.647. The van der Waals surface area contributed by atoms with Crippen LogP contribution in [-0.2, 0) is 4.43 Å². The van der Waals surface area contributed by atoms with Gasteiger partial charge in [0.05, 0.1) is 0 Å². The molecule has 0 amide bonds. The van der Waals surface area contributed by atoms with E-state index in [2.05, 4.69) is 69.5 Å². The number of hydrogen-bond acceptors (Lipinski definition) is 2. The van der Waals surface area contributed by atoms with Crippen molar-refractivity contribution >= 4 is 8.32 Å². The second kappa shape index (κ2) is 6.00. The van der Waals surface area contributed by atoms with Crippen LogP contribution < -0.4 is 5.32 Å². The molecule has 2 nitrogen and oxygen atoms in total. The monoisotopic (exact) mass is 291 g/mol.